The third kappa shape index (κ3) is 4.48. The smallest absolute Gasteiger partial charge is 0.407 e. The second kappa shape index (κ2) is 6.63. The van der Waals surface area contributed by atoms with Gasteiger partial charge in [0.05, 0.1) is 6.61 Å². The second-order valence-corrected chi connectivity index (χ2v) is 3.77. The predicted octanol–water partition coefficient (Wildman–Crippen LogP) is 0.156. The minimum atomic E-state index is -0.297. The Bertz CT molecular complexity index is 191. The monoisotopic (exact) mass is 215 g/mol. The average molecular weight is 215 g/mol. The lowest BCUT2D eigenvalue weighted by atomic mass is 10.1. The zero-order chi connectivity index (χ0) is 11.1. The number of rotatable bonds is 4. The van der Waals surface area contributed by atoms with Gasteiger partial charge in [-0.25, -0.2) is 4.79 Å². The largest absolute Gasteiger partial charge is 0.450 e. The molecule has 0 aromatic heterocycles. The fourth-order valence-corrected chi connectivity index (χ4v) is 1.82. The normalized spacial score (nSPS) is 18.8. The van der Waals surface area contributed by atoms with Crippen LogP contribution in [0.1, 0.15) is 19.8 Å². The van der Waals surface area contributed by atoms with Crippen molar-refractivity contribution in [2.75, 3.05) is 32.8 Å². The quantitative estimate of drug-likeness (QED) is 0.701. The number of ether oxygens (including phenoxy) is 1. The van der Waals surface area contributed by atoms with Gasteiger partial charge < -0.3 is 20.7 Å². The molecule has 1 aliphatic heterocycles. The van der Waals surface area contributed by atoms with Crippen molar-refractivity contribution in [2.45, 2.75) is 25.8 Å². The first-order valence-corrected chi connectivity index (χ1v) is 5.62. The second-order valence-electron chi connectivity index (χ2n) is 3.77. The summed E-state index contributed by atoms with van der Waals surface area (Å²) in [5, 5.41) is 2.86. The van der Waals surface area contributed by atoms with E-state index in [-0.39, 0.29) is 12.1 Å². The third-order valence-corrected chi connectivity index (χ3v) is 2.63. The fraction of sp³-hybridized carbons (Fsp3) is 0.900. The average Bonchev–Trinajstić information content (AvgIpc) is 2.22. The molecule has 1 saturated heterocycles. The van der Waals surface area contributed by atoms with Crippen molar-refractivity contribution in [3.63, 3.8) is 0 Å². The van der Waals surface area contributed by atoms with Crippen molar-refractivity contribution < 1.29 is 9.53 Å². The highest BCUT2D eigenvalue weighted by Crippen LogP contribution is 2.09. The van der Waals surface area contributed by atoms with Gasteiger partial charge in [-0.3, -0.25) is 0 Å². The number of amides is 1. The lowest BCUT2D eigenvalue weighted by Crippen LogP contribution is -2.45. The van der Waals surface area contributed by atoms with Gasteiger partial charge in [-0.05, 0) is 19.8 Å². The molecule has 1 rings (SSSR count). The molecule has 0 spiro atoms. The lowest BCUT2D eigenvalue weighted by molar-refractivity contribution is 0.137. The Hall–Kier alpha value is -0.810. The number of carbonyl (C=O) groups excluding carboxylic acids is 1. The zero-order valence-electron chi connectivity index (χ0n) is 9.37. The Kier molecular flexibility index (Phi) is 5.42. The van der Waals surface area contributed by atoms with Crippen molar-refractivity contribution in [2.24, 2.45) is 5.73 Å². The summed E-state index contributed by atoms with van der Waals surface area (Å²) >= 11 is 0. The molecule has 1 aliphatic rings. The maximum atomic E-state index is 11.2. The van der Waals surface area contributed by atoms with E-state index in [0.717, 1.165) is 32.5 Å². The molecule has 0 bridgehead atoms. The summed E-state index contributed by atoms with van der Waals surface area (Å²) in [5.41, 5.74) is 5.48. The highest BCUT2D eigenvalue weighted by Gasteiger charge is 2.20. The van der Waals surface area contributed by atoms with Gasteiger partial charge in [0.2, 0.25) is 0 Å². The number of piperidine rings is 1. The van der Waals surface area contributed by atoms with Gasteiger partial charge in [-0.1, -0.05) is 0 Å². The Labute approximate surface area is 90.9 Å². The SMILES string of the molecule is CCOC(=O)NC1CCN(CCN)CC1. The highest BCUT2D eigenvalue weighted by atomic mass is 16.5. The highest BCUT2D eigenvalue weighted by molar-refractivity contribution is 5.67. The van der Waals surface area contributed by atoms with Crippen LogP contribution in [0.25, 0.3) is 0 Å². The number of hydrogen-bond acceptors (Lipinski definition) is 4. The molecule has 88 valence electrons. The van der Waals surface area contributed by atoms with E-state index in [1.54, 1.807) is 0 Å². The van der Waals surface area contributed by atoms with Crippen LogP contribution < -0.4 is 11.1 Å². The topological polar surface area (TPSA) is 67.6 Å². The van der Waals surface area contributed by atoms with E-state index in [1.807, 2.05) is 6.92 Å². The van der Waals surface area contributed by atoms with E-state index >= 15 is 0 Å². The molecule has 0 unspecified atom stereocenters. The van der Waals surface area contributed by atoms with Gasteiger partial charge in [0.1, 0.15) is 0 Å². The first-order chi connectivity index (χ1) is 7.26. The first-order valence-electron chi connectivity index (χ1n) is 5.62. The van der Waals surface area contributed by atoms with E-state index in [4.69, 9.17) is 10.5 Å². The Morgan fingerprint density at radius 3 is 2.73 bits per heavy atom. The third-order valence-electron chi connectivity index (χ3n) is 2.63. The minimum absolute atomic E-state index is 0.262. The van der Waals surface area contributed by atoms with Gasteiger partial charge in [-0.15, -0.1) is 0 Å². The molecule has 3 N–H and O–H groups in total. The van der Waals surface area contributed by atoms with Crippen LogP contribution in [0.15, 0.2) is 0 Å². The summed E-state index contributed by atoms with van der Waals surface area (Å²) in [5.74, 6) is 0. The molecule has 5 heteroatoms. The Balaban J connectivity index is 2.16. The van der Waals surface area contributed by atoms with Crippen molar-refractivity contribution in [1.82, 2.24) is 10.2 Å². The molecule has 1 amide bonds. The summed E-state index contributed by atoms with van der Waals surface area (Å²) in [4.78, 5) is 13.5. The molecule has 0 aliphatic carbocycles. The molecular weight excluding hydrogens is 194 g/mol. The summed E-state index contributed by atoms with van der Waals surface area (Å²) in [6.45, 7) is 5.91. The van der Waals surface area contributed by atoms with Crippen LogP contribution in [-0.4, -0.2) is 49.8 Å². The zero-order valence-corrected chi connectivity index (χ0v) is 9.37. The Morgan fingerprint density at radius 1 is 1.53 bits per heavy atom. The van der Waals surface area contributed by atoms with Crippen molar-refractivity contribution in [3.05, 3.63) is 0 Å². The van der Waals surface area contributed by atoms with Crippen LogP contribution in [0.4, 0.5) is 4.79 Å². The van der Waals surface area contributed by atoms with Crippen LogP contribution in [0, 0.1) is 0 Å². The summed E-state index contributed by atoms with van der Waals surface area (Å²) in [6, 6.07) is 0.262. The van der Waals surface area contributed by atoms with E-state index in [2.05, 4.69) is 10.2 Å². The maximum absolute atomic E-state index is 11.2. The molecular formula is C10H21N3O2. The number of nitrogens with one attached hydrogen (secondary N) is 1. The van der Waals surface area contributed by atoms with E-state index in [9.17, 15) is 4.79 Å². The molecule has 15 heavy (non-hydrogen) atoms. The summed E-state index contributed by atoms with van der Waals surface area (Å²) in [6.07, 6.45) is 1.67. The maximum Gasteiger partial charge on any atom is 0.407 e. The molecule has 1 heterocycles. The van der Waals surface area contributed by atoms with Crippen LogP contribution in [-0.2, 0) is 4.74 Å². The number of hydrogen-bond donors (Lipinski definition) is 2. The summed E-state index contributed by atoms with van der Waals surface area (Å²) < 4.78 is 4.84. The van der Waals surface area contributed by atoms with Crippen molar-refractivity contribution in [1.29, 1.82) is 0 Å². The number of nitrogens with zero attached hydrogens (tertiary/aromatic N) is 1. The first kappa shape index (κ1) is 12.3. The molecule has 0 radical (unpaired) electrons. The lowest BCUT2D eigenvalue weighted by Gasteiger charge is -2.31. The van der Waals surface area contributed by atoms with Crippen LogP contribution in [0.2, 0.25) is 0 Å². The summed E-state index contributed by atoms with van der Waals surface area (Å²) in [7, 11) is 0. The van der Waals surface area contributed by atoms with Crippen LogP contribution >= 0.6 is 0 Å². The van der Waals surface area contributed by atoms with Gasteiger partial charge in [0.15, 0.2) is 0 Å². The Morgan fingerprint density at radius 2 is 2.20 bits per heavy atom. The number of alkyl carbamates (subject to hydrolysis) is 1. The molecule has 0 saturated carbocycles. The fourth-order valence-electron chi connectivity index (χ4n) is 1.82. The van der Waals surface area contributed by atoms with Crippen molar-refractivity contribution >= 4 is 6.09 Å². The molecule has 0 aromatic rings. The number of likely N-dealkylation sites (tertiary alicyclic amines) is 1. The van der Waals surface area contributed by atoms with E-state index in [0.29, 0.717) is 13.2 Å². The predicted molar refractivity (Wildman–Crippen MR) is 58.7 cm³/mol. The van der Waals surface area contributed by atoms with E-state index < -0.39 is 0 Å². The standard InChI is InChI=1S/C10H21N3O2/c1-2-15-10(14)12-9-3-6-13(7-4-9)8-5-11/h9H,2-8,11H2,1H3,(H,12,14). The van der Waals surface area contributed by atoms with Crippen molar-refractivity contribution in [3.8, 4) is 0 Å². The molecule has 0 atom stereocenters. The van der Waals surface area contributed by atoms with Gasteiger partial charge in [0, 0.05) is 32.2 Å². The van der Waals surface area contributed by atoms with Gasteiger partial charge in [-0.2, -0.15) is 0 Å². The number of nitrogens with two attached hydrogens (primary N) is 1. The van der Waals surface area contributed by atoms with Gasteiger partial charge >= 0.3 is 6.09 Å². The molecule has 0 aromatic carbocycles. The van der Waals surface area contributed by atoms with Gasteiger partial charge in [0.25, 0.3) is 0 Å². The van der Waals surface area contributed by atoms with Crippen LogP contribution in [0.3, 0.4) is 0 Å². The number of carbonyl (C=O) groups is 1. The molecule has 5 nitrogen and oxygen atoms in total. The molecule has 1 fully saturated rings. The minimum Gasteiger partial charge on any atom is -0.450 e. The van der Waals surface area contributed by atoms with Crippen LogP contribution in [0.5, 0.6) is 0 Å². The van der Waals surface area contributed by atoms with E-state index in [1.165, 1.54) is 0 Å².